The van der Waals surface area contributed by atoms with Crippen LogP contribution in [0.3, 0.4) is 0 Å². The summed E-state index contributed by atoms with van der Waals surface area (Å²) in [5.41, 5.74) is 1.08. The van der Waals surface area contributed by atoms with Gasteiger partial charge in [-0.2, -0.15) is 0 Å². The third kappa shape index (κ3) is 10.9. The summed E-state index contributed by atoms with van der Waals surface area (Å²) in [5, 5.41) is 11.5. The van der Waals surface area contributed by atoms with Crippen molar-refractivity contribution >= 4 is 17.8 Å². The Labute approximate surface area is 220 Å². The van der Waals surface area contributed by atoms with Gasteiger partial charge >= 0.3 is 5.97 Å². The summed E-state index contributed by atoms with van der Waals surface area (Å²) in [5.74, 6) is -1.40. The minimum atomic E-state index is -0.523. The van der Waals surface area contributed by atoms with E-state index in [-0.39, 0.29) is 56.0 Å². The highest BCUT2D eigenvalue weighted by Crippen LogP contribution is 2.24. The van der Waals surface area contributed by atoms with Crippen LogP contribution < -0.4 is 5.32 Å². The van der Waals surface area contributed by atoms with Gasteiger partial charge in [0, 0.05) is 19.5 Å². The fourth-order valence-corrected chi connectivity index (χ4v) is 4.55. The molecular weight excluding hydrogens is 472 g/mol. The van der Waals surface area contributed by atoms with Crippen molar-refractivity contribution in [1.29, 1.82) is 0 Å². The number of allylic oxidation sites excluding steroid dienone is 2. The molecule has 1 fully saturated rings. The van der Waals surface area contributed by atoms with E-state index in [0.29, 0.717) is 39.0 Å². The number of aliphatic hydroxyl groups excluding tert-OH is 1. The van der Waals surface area contributed by atoms with Crippen molar-refractivity contribution in [2.45, 2.75) is 51.0 Å². The Balaban J connectivity index is 1.92. The van der Waals surface area contributed by atoms with Crippen LogP contribution in [0, 0.1) is 11.8 Å². The lowest BCUT2D eigenvalue weighted by atomic mass is 9.95. The number of rotatable bonds is 18. The van der Waals surface area contributed by atoms with Gasteiger partial charge in [-0.1, -0.05) is 42.5 Å². The molecular formula is C29H42N2O6. The van der Waals surface area contributed by atoms with Crippen LogP contribution in [0.15, 0.2) is 55.6 Å². The quantitative estimate of drug-likeness (QED) is 0.177. The minimum absolute atomic E-state index is 0.0502. The summed E-state index contributed by atoms with van der Waals surface area (Å²) < 4.78 is 10.9. The van der Waals surface area contributed by atoms with Crippen molar-refractivity contribution < 1.29 is 29.0 Å². The molecule has 1 heterocycles. The number of esters is 1. The standard InChI is InChI=1S/C29H42N2O6/c1-3-5-13-25(20-23-11-7-6-8-12-23)29(35)37-22-26-14-9-16-31(26)28(34)24(10-4-2)21-27(33)30-15-18-36-19-17-32/h3-4,6-8,11-12,24-26,32H,1-2,5,9-10,13-22H2,(H,30,33)/t24-,25+,26-/m0/s1. The second-order valence-electron chi connectivity index (χ2n) is 9.32. The molecule has 1 aromatic rings. The summed E-state index contributed by atoms with van der Waals surface area (Å²) >= 11 is 0. The predicted octanol–water partition coefficient (Wildman–Crippen LogP) is 3.05. The van der Waals surface area contributed by atoms with Gasteiger partial charge in [0.25, 0.3) is 0 Å². The number of carbonyl (C=O) groups excluding carboxylic acids is 3. The van der Waals surface area contributed by atoms with E-state index in [4.69, 9.17) is 14.6 Å². The van der Waals surface area contributed by atoms with Crippen LogP contribution in [-0.2, 0) is 30.3 Å². The normalized spacial score (nSPS) is 16.6. The molecule has 1 aromatic carbocycles. The summed E-state index contributed by atoms with van der Waals surface area (Å²) in [4.78, 5) is 40.5. The average Bonchev–Trinajstić information content (AvgIpc) is 3.38. The van der Waals surface area contributed by atoms with Crippen LogP contribution in [0.1, 0.15) is 44.1 Å². The average molecular weight is 515 g/mol. The second kappa shape index (κ2) is 17.5. The highest BCUT2D eigenvalue weighted by atomic mass is 16.5. The van der Waals surface area contributed by atoms with E-state index in [0.717, 1.165) is 24.8 Å². The number of nitrogens with one attached hydrogen (secondary N) is 1. The zero-order valence-corrected chi connectivity index (χ0v) is 21.8. The van der Waals surface area contributed by atoms with Gasteiger partial charge < -0.3 is 24.8 Å². The number of ether oxygens (including phenoxy) is 2. The lowest BCUT2D eigenvalue weighted by Gasteiger charge is -2.28. The molecule has 0 saturated carbocycles. The van der Waals surface area contributed by atoms with E-state index < -0.39 is 5.92 Å². The number of hydrogen-bond acceptors (Lipinski definition) is 6. The molecule has 1 aliphatic rings. The molecule has 0 unspecified atom stereocenters. The van der Waals surface area contributed by atoms with Gasteiger partial charge in [-0.15, -0.1) is 13.2 Å². The van der Waals surface area contributed by atoms with E-state index in [2.05, 4.69) is 18.5 Å². The van der Waals surface area contributed by atoms with E-state index in [1.54, 1.807) is 17.1 Å². The van der Waals surface area contributed by atoms with Crippen LogP contribution in [0.4, 0.5) is 0 Å². The molecule has 3 atom stereocenters. The smallest absolute Gasteiger partial charge is 0.309 e. The molecule has 0 spiro atoms. The van der Waals surface area contributed by atoms with E-state index in [1.807, 2.05) is 30.3 Å². The molecule has 0 radical (unpaired) electrons. The minimum Gasteiger partial charge on any atom is -0.463 e. The first-order valence-electron chi connectivity index (χ1n) is 13.2. The number of carbonyl (C=O) groups is 3. The Kier molecular flexibility index (Phi) is 14.3. The summed E-state index contributed by atoms with van der Waals surface area (Å²) in [6.45, 7) is 9.00. The summed E-state index contributed by atoms with van der Waals surface area (Å²) in [7, 11) is 0. The van der Waals surface area contributed by atoms with Crippen molar-refractivity contribution in [3.05, 3.63) is 61.2 Å². The molecule has 0 bridgehead atoms. The van der Waals surface area contributed by atoms with E-state index in [9.17, 15) is 14.4 Å². The van der Waals surface area contributed by atoms with Gasteiger partial charge in [-0.3, -0.25) is 14.4 Å². The Morgan fingerprint density at radius 2 is 1.92 bits per heavy atom. The predicted molar refractivity (Wildman–Crippen MR) is 143 cm³/mol. The van der Waals surface area contributed by atoms with Crippen LogP contribution in [0.2, 0.25) is 0 Å². The first-order chi connectivity index (χ1) is 18.0. The summed E-state index contributed by atoms with van der Waals surface area (Å²) in [6.07, 6.45) is 7.45. The number of hydrogen-bond donors (Lipinski definition) is 2. The molecule has 8 heteroatoms. The van der Waals surface area contributed by atoms with Gasteiger partial charge in [0.1, 0.15) is 6.61 Å². The lowest BCUT2D eigenvalue weighted by Crippen LogP contribution is -2.43. The molecule has 37 heavy (non-hydrogen) atoms. The number of aliphatic hydroxyl groups is 1. The van der Waals surface area contributed by atoms with Crippen molar-refractivity contribution in [3.63, 3.8) is 0 Å². The third-order valence-electron chi connectivity index (χ3n) is 6.49. The van der Waals surface area contributed by atoms with Crippen molar-refractivity contribution in [2.24, 2.45) is 11.8 Å². The number of likely N-dealkylation sites (tertiary alicyclic amines) is 1. The number of nitrogens with zero attached hydrogens (tertiary/aromatic N) is 1. The van der Waals surface area contributed by atoms with Gasteiger partial charge in [0.15, 0.2) is 0 Å². The molecule has 1 aliphatic heterocycles. The maximum atomic E-state index is 13.4. The maximum absolute atomic E-state index is 13.4. The number of benzene rings is 1. The fourth-order valence-electron chi connectivity index (χ4n) is 4.55. The maximum Gasteiger partial charge on any atom is 0.309 e. The molecule has 8 nitrogen and oxygen atoms in total. The Morgan fingerprint density at radius 3 is 2.62 bits per heavy atom. The molecule has 1 saturated heterocycles. The zero-order valence-electron chi connectivity index (χ0n) is 21.8. The van der Waals surface area contributed by atoms with Crippen molar-refractivity contribution in [3.8, 4) is 0 Å². The Bertz CT molecular complexity index is 859. The van der Waals surface area contributed by atoms with Crippen LogP contribution in [0.25, 0.3) is 0 Å². The van der Waals surface area contributed by atoms with E-state index in [1.165, 1.54) is 0 Å². The highest BCUT2D eigenvalue weighted by Gasteiger charge is 2.34. The van der Waals surface area contributed by atoms with Crippen LogP contribution in [0.5, 0.6) is 0 Å². The van der Waals surface area contributed by atoms with Gasteiger partial charge in [-0.25, -0.2) is 0 Å². The number of amides is 2. The van der Waals surface area contributed by atoms with Crippen LogP contribution >= 0.6 is 0 Å². The van der Waals surface area contributed by atoms with E-state index >= 15 is 0 Å². The molecule has 2 rings (SSSR count). The van der Waals surface area contributed by atoms with Crippen LogP contribution in [-0.4, -0.2) is 73.3 Å². The molecule has 2 N–H and O–H groups in total. The highest BCUT2D eigenvalue weighted by molar-refractivity contribution is 5.86. The first kappa shape index (κ1) is 30.3. The fraction of sp³-hybridized carbons (Fsp3) is 0.552. The molecule has 0 aromatic heterocycles. The molecule has 2 amide bonds. The molecule has 0 aliphatic carbocycles. The zero-order chi connectivity index (χ0) is 26.9. The van der Waals surface area contributed by atoms with Gasteiger partial charge in [-0.05, 0) is 44.1 Å². The van der Waals surface area contributed by atoms with Crippen molar-refractivity contribution in [1.82, 2.24) is 10.2 Å². The SMILES string of the molecule is C=CCC[C@H](Cc1ccccc1)C(=O)OC[C@@H]1CCCN1C(=O)[C@@H](CC=C)CC(=O)NCCOCCO. The van der Waals surface area contributed by atoms with Gasteiger partial charge in [0.2, 0.25) is 11.8 Å². The second-order valence-corrected chi connectivity index (χ2v) is 9.32. The van der Waals surface area contributed by atoms with Crippen molar-refractivity contribution in [2.75, 3.05) is 39.5 Å². The first-order valence-corrected chi connectivity index (χ1v) is 13.2. The lowest BCUT2D eigenvalue weighted by molar-refractivity contribution is -0.152. The van der Waals surface area contributed by atoms with Gasteiger partial charge in [0.05, 0.1) is 37.7 Å². The monoisotopic (exact) mass is 514 g/mol. The Morgan fingerprint density at radius 1 is 1.14 bits per heavy atom. The molecule has 204 valence electrons. The largest absolute Gasteiger partial charge is 0.463 e. The Hall–Kier alpha value is -2.97. The topological polar surface area (TPSA) is 105 Å². The third-order valence-corrected chi connectivity index (χ3v) is 6.49. The summed E-state index contributed by atoms with van der Waals surface area (Å²) in [6, 6.07) is 9.67.